The van der Waals surface area contributed by atoms with E-state index in [1.807, 2.05) is 30.6 Å². The molecule has 1 heterocycles. The quantitative estimate of drug-likeness (QED) is 0.810. The number of benzene rings is 1. The molecule has 0 fully saturated rings. The molecule has 100 valence electrons. The van der Waals surface area contributed by atoms with Crippen molar-refractivity contribution in [1.82, 2.24) is 10.3 Å². The van der Waals surface area contributed by atoms with Gasteiger partial charge in [-0.3, -0.25) is 4.98 Å². The zero-order valence-electron chi connectivity index (χ0n) is 11.2. The lowest BCUT2D eigenvalue weighted by Crippen LogP contribution is -2.15. The molecule has 2 rings (SSSR count). The Bertz CT molecular complexity index is 511. The van der Waals surface area contributed by atoms with E-state index >= 15 is 0 Å². The van der Waals surface area contributed by atoms with Crippen LogP contribution in [0.2, 0.25) is 5.02 Å². The van der Waals surface area contributed by atoms with Crippen LogP contribution in [0.25, 0.3) is 0 Å². The summed E-state index contributed by atoms with van der Waals surface area (Å²) in [4.78, 5) is 4.05. The van der Waals surface area contributed by atoms with Gasteiger partial charge in [0.1, 0.15) is 0 Å². The fraction of sp³-hybridized carbons (Fsp3) is 0.312. The van der Waals surface area contributed by atoms with Gasteiger partial charge < -0.3 is 5.32 Å². The molecule has 1 aromatic carbocycles. The van der Waals surface area contributed by atoms with Crippen molar-refractivity contribution in [2.24, 2.45) is 0 Å². The van der Waals surface area contributed by atoms with Crippen LogP contribution in [0.1, 0.15) is 30.0 Å². The molecule has 0 saturated carbocycles. The molecule has 0 bridgehead atoms. The smallest absolute Gasteiger partial charge is 0.0409 e. The molecule has 2 nitrogen and oxygen atoms in total. The van der Waals surface area contributed by atoms with Crippen LogP contribution < -0.4 is 5.32 Å². The van der Waals surface area contributed by atoms with Gasteiger partial charge in [0.15, 0.2) is 0 Å². The van der Waals surface area contributed by atoms with Crippen molar-refractivity contribution in [3.05, 3.63) is 64.4 Å². The summed E-state index contributed by atoms with van der Waals surface area (Å²) in [6.07, 6.45) is 5.70. The minimum Gasteiger partial charge on any atom is -0.313 e. The second kappa shape index (κ2) is 7.27. The van der Waals surface area contributed by atoms with E-state index in [-0.39, 0.29) is 0 Å². The second-order valence-corrected chi connectivity index (χ2v) is 5.06. The molecule has 0 amide bonds. The molecule has 0 atom stereocenters. The van der Waals surface area contributed by atoms with Crippen molar-refractivity contribution in [1.29, 1.82) is 0 Å². The van der Waals surface area contributed by atoms with Crippen molar-refractivity contribution in [2.45, 2.75) is 26.3 Å². The zero-order valence-corrected chi connectivity index (χ0v) is 12.0. The van der Waals surface area contributed by atoms with E-state index in [0.717, 1.165) is 31.0 Å². The molecular weight excluding hydrogens is 256 g/mol. The molecule has 19 heavy (non-hydrogen) atoms. The third-order valence-electron chi connectivity index (χ3n) is 3.05. The molecule has 0 saturated heterocycles. The average molecular weight is 275 g/mol. The van der Waals surface area contributed by atoms with E-state index in [0.29, 0.717) is 0 Å². The number of nitrogens with zero attached hydrogens (tertiary/aromatic N) is 1. The van der Waals surface area contributed by atoms with Gasteiger partial charge in [0.05, 0.1) is 0 Å². The van der Waals surface area contributed by atoms with E-state index in [1.165, 1.54) is 16.7 Å². The van der Waals surface area contributed by atoms with Crippen molar-refractivity contribution in [3.8, 4) is 0 Å². The Morgan fingerprint density at radius 2 is 1.89 bits per heavy atom. The Balaban J connectivity index is 2.15. The first kappa shape index (κ1) is 14.0. The van der Waals surface area contributed by atoms with Gasteiger partial charge in [0.25, 0.3) is 0 Å². The van der Waals surface area contributed by atoms with Gasteiger partial charge in [-0.05, 0) is 60.3 Å². The van der Waals surface area contributed by atoms with Gasteiger partial charge in [-0.1, -0.05) is 24.6 Å². The Morgan fingerprint density at radius 1 is 1.11 bits per heavy atom. The second-order valence-electron chi connectivity index (χ2n) is 4.62. The molecule has 0 aliphatic heterocycles. The number of nitrogens with one attached hydrogen (secondary N) is 1. The van der Waals surface area contributed by atoms with Crippen LogP contribution in [0.15, 0.2) is 42.7 Å². The minimum absolute atomic E-state index is 0.795. The van der Waals surface area contributed by atoms with Crippen LogP contribution in [-0.4, -0.2) is 11.5 Å². The van der Waals surface area contributed by atoms with E-state index < -0.39 is 0 Å². The van der Waals surface area contributed by atoms with Crippen LogP contribution >= 0.6 is 11.6 Å². The summed E-state index contributed by atoms with van der Waals surface area (Å²) >= 11 is 6.11. The Kier molecular flexibility index (Phi) is 5.37. The number of pyridine rings is 1. The van der Waals surface area contributed by atoms with Gasteiger partial charge in [-0.2, -0.15) is 0 Å². The van der Waals surface area contributed by atoms with Crippen LogP contribution in [0.3, 0.4) is 0 Å². The fourth-order valence-electron chi connectivity index (χ4n) is 2.05. The standard InChI is InChI=1S/C16H19ClN2/c1-2-7-19-12-14-3-4-16(17)11-15(14)10-13-5-8-18-9-6-13/h3-6,8-9,11,19H,2,7,10,12H2,1H3. The van der Waals surface area contributed by atoms with E-state index in [9.17, 15) is 0 Å². The third-order valence-corrected chi connectivity index (χ3v) is 3.29. The van der Waals surface area contributed by atoms with Crippen molar-refractivity contribution in [2.75, 3.05) is 6.54 Å². The third kappa shape index (κ3) is 4.34. The van der Waals surface area contributed by atoms with Gasteiger partial charge in [0, 0.05) is 24.0 Å². The highest BCUT2D eigenvalue weighted by atomic mass is 35.5. The minimum atomic E-state index is 0.795. The number of aromatic nitrogens is 1. The van der Waals surface area contributed by atoms with Crippen LogP contribution in [0, 0.1) is 0 Å². The predicted octanol–water partition coefficient (Wildman–Crippen LogP) is 3.83. The Morgan fingerprint density at radius 3 is 2.63 bits per heavy atom. The van der Waals surface area contributed by atoms with Gasteiger partial charge in [0.2, 0.25) is 0 Å². The number of halogens is 1. The summed E-state index contributed by atoms with van der Waals surface area (Å²) < 4.78 is 0. The maximum Gasteiger partial charge on any atom is 0.0409 e. The molecule has 2 aromatic rings. The summed E-state index contributed by atoms with van der Waals surface area (Å²) in [7, 11) is 0. The fourth-order valence-corrected chi connectivity index (χ4v) is 2.25. The maximum atomic E-state index is 6.11. The van der Waals surface area contributed by atoms with Crippen molar-refractivity contribution in [3.63, 3.8) is 0 Å². The van der Waals surface area contributed by atoms with E-state index in [1.54, 1.807) is 0 Å². The highest BCUT2D eigenvalue weighted by Crippen LogP contribution is 2.19. The first-order valence-corrected chi connectivity index (χ1v) is 7.04. The molecule has 1 N–H and O–H groups in total. The Labute approximate surface area is 119 Å². The molecular formula is C16H19ClN2. The lowest BCUT2D eigenvalue weighted by Gasteiger charge is -2.11. The van der Waals surface area contributed by atoms with E-state index in [4.69, 9.17) is 11.6 Å². The highest BCUT2D eigenvalue weighted by Gasteiger charge is 2.04. The highest BCUT2D eigenvalue weighted by molar-refractivity contribution is 6.30. The van der Waals surface area contributed by atoms with Gasteiger partial charge >= 0.3 is 0 Å². The van der Waals surface area contributed by atoms with Crippen molar-refractivity contribution < 1.29 is 0 Å². The first-order chi connectivity index (χ1) is 9.29. The molecule has 0 aliphatic rings. The zero-order chi connectivity index (χ0) is 13.5. The van der Waals surface area contributed by atoms with Gasteiger partial charge in [-0.25, -0.2) is 0 Å². The molecule has 1 aromatic heterocycles. The molecule has 0 unspecified atom stereocenters. The molecule has 0 radical (unpaired) electrons. The number of hydrogen-bond donors (Lipinski definition) is 1. The SMILES string of the molecule is CCCNCc1ccc(Cl)cc1Cc1ccncc1. The van der Waals surface area contributed by atoms with Crippen molar-refractivity contribution >= 4 is 11.6 Å². The summed E-state index contributed by atoms with van der Waals surface area (Å²) in [5, 5.41) is 4.24. The summed E-state index contributed by atoms with van der Waals surface area (Å²) in [6, 6.07) is 10.2. The maximum absolute atomic E-state index is 6.11. The van der Waals surface area contributed by atoms with Crippen LogP contribution in [-0.2, 0) is 13.0 Å². The van der Waals surface area contributed by atoms with Crippen LogP contribution in [0.5, 0.6) is 0 Å². The normalized spacial score (nSPS) is 10.6. The molecule has 3 heteroatoms. The Hall–Kier alpha value is -1.38. The number of rotatable bonds is 6. The topological polar surface area (TPSA) is 24.9 Å². The molecule has 0 spiro atoms. The predicted molar refractivity (Wildman–Crippen MR) is 80.5 cm³/mol. The summed E-state index contributed by atoms with van der Waals surface area (Å²) in [5.41, 5.74) is 3.85. The summed E-state index contributed by atoms with van der Waals surface area (Å²) in [6.45, 7) is 4.11. The molecule has 0 aliphatic carbocycles. The first-order valence-electron chi connectivity index (χ1n) is 6.66. The summed E-state index contributed by atoms with van der Waals surface area (Å²) in [5.74, 6) is 0. The lowest BCUT2D eigenvalue weighted by atomic mass is 10.0. The van der Waals surface area contributed by atoms with E-state index in [2.05, 4.69) is 29.4 Å². The number of hydrogen-bond acceptors (Lipinski definition) is 2. The average Bonchev–Trinajstić information content (AvgIpc) is 2.43. The monoisotopic (exact) mass is 274 g/mol. The lowest BCUT2D eigenvalue weighted by molar-refractivity contribution is 0.672. The van der Waals surface area contributed by atoms with Gasteiger partial charge in [-0.15, -0.1) is 0 Å². The largest absolute Gasteiger partial charge is 0.313 e. The van der Waals surface area contributed by atoms with Crippen LogP contribution in [0.4, 0.5) is 0 Å².